The van der Waals surface area contributed by atoms with Crippen LogP contribution in [0.5, 0.6) is 0 Å². The smallest absolute Gasteiger partial charge is 0.162 e. The van der Waals surface area contributed by atoms with E-state index in [-0.39, 0.29) is 5.70 Å². The molecule has 1 aromatic heterocycles. The van der Waals surface area contributed by atoms with E-state index >= 15 is 0 Å². The van der Waals surface area contributed by atoms with Crippen LogP contribution in [0.15, 0.2) is 12.4 Å². The lowest BCUT2D eigenvalue weighted by molar-refractivity contribution is 0.134. The van der Waals surface area contributed by atoms with Gasteiger partial charge in [-0.3, -0.25) is 0 Å². The molecule has 1 rings (SSSR count). The minimum atomic E-state index is -1.17. The first-order chi connectivity index (χ1) is 6.05. The molecular formula is C7H9N5O. The van der Waals surface area contributed by atoms with Crippen molar-refractivity contribution >= 4 is 5.70 Å². The summed E-state index contributed by atoms with van der Waals surface area (Å²) in [5, 5.41) is 28.9. The third kappa shape index (κ3) is 2.10. The van der Waals surface area contributed by atoms with Crippen molar-refractivity contribution in [1.29, 1.82) is 5.26 Å². The van der Waals surface area contributed by atoms with E-state index in [0.29, 0.717) is 0 Å². The number of tetrazole rings is 1. The zero-order valence-corrected chi connectivity index (χ0v) is 7.34. The number of rotatable bonds is 2. The number of nitriles is 1. The van der Waals surface area contributed by atoms with Crippen molar-refractivity contribution in [2.75, 3.05) is 0 Å². The molecule has 1 aromatic rings. The number of hydrogen-bond acceptors (Lipinski definition) is 5. The van der Waals surface area contributed by atoms with Crippen molar-refractivity contribution in [2.24, 2.45) is 0 Å². The summed E-state index contributed by atoms with van der Waals surface area (Å²) in [5.41, 5.74) is -0.885. The second kappa shape index (κ2) is 3.33. The van der Waals surface area contributed by atoms with Gasteiger partial charge in [-0.05, 0) is 19.1 Å². The number of nitrogens with zero attached hydrogens (tertiary/aromatic N) is 5. The minimum Gasteiger partial charge on any atom is -0.384 e. The van der Waals surface area contributed by atoms with Gasteiger partial charge >= 0.3 is 0 Å². The van der Waals surface area contributed by atoms with Crippen molar-refractivity contribution in [3.8, 4) is 6.07 Å². The maximum Gasteiger partial charge on any atom is 0.162 e. The SMILES string of the molecule is CC(C)(O)/C(=C/C#N)n1ncnn1. The van der Waals surface area contributed by atoms with Gasteiger partial charge in [-0.1, -0.05) is 0 Å². The van der Waals surface area contributed by atoms with Gasteiger partial charge in [0.05, 0.1) is 6.07 Å². The quantitative estimate of drug-likeness (QED) is 0.635. The Morgan fingerprint density at radius 2 is 2.38 bits per heavy atom. The normalized spacial score (nSPS) is 12.6. The highest BCUT2D eigenvalue weighted by atomic mass is 16.3. The summed E-state index contributed by atoms with van der Waals surface area (Å²) in [6.45, 7) is 3.08. The molecule has 0 aromatic carbocycles. The number of aromatic nitrogens is 4. The van der Waals surface area contributed by atoms with E-state index in [9.17, 15) is 5.11 Å². The number of aliphatic hydroxyl groups is 1. The van der Waals surface area contributed by atoms with Crippen LogP contribution < -0.4 is 0 Å². The van der Waals surface area contributed by atoms with Crippen molar-refractivity contribution in [2.45, 2.75) is 19.4 Å². The third-order valence-corrected chi connectivity index (χ3v) is 1.39. The average Bonchev–Trinajstić information content (AvgIpc) is 2.49. The Kier molecular flexibility index (Phi) is 2.39. The summed E-state index contributed by atoms with van der Waals surface area (Å²) >= 11 is 0. The first-order valence-corrected chi connectivity index (χ1v) is 3.61. The first kappa shape index (κ1) is 9.35. The monoisotopic (exact) mass is 179 g/mol. The van der Waals surface area contributed by atoms with E-state index in [2.05, 4.69) is 15.4 Å². The average molecular weight is 179 g/mol. The predicted molar refractivity (Wildman–Crippen MR) is 44.0 cm³/mol. The minimum absolute atomic E-state index is 0.285. The Morgan fingerprint density at radius 3 is 2.77 bits per heavy atom. The molecule has 0 amide bonds. The lowest BCUT2D eigenvalue weighted by Gasteiger charge is -2.18. The van der Waals surface area contributed by atoms with Crippen molar-refractivity contribution in [3.05, 3.63) is 12.4 Å². The predicted octanol–water partition coefficient (Wildman–Crippen LogP) is -0.192. The molecule has 13 heavy (non-hydrogen) atoms. The largest absolute Gasteiger partial charge is 0.384 e. The van der Waals surface area contributed by atoms with Crippen LogP contribution in [0.2, 0.25) is 0 Å². The Morgan fingerprint density at radius 1 is 1.69 bits per heavy atom. The molecule has 0 unspecified atom stereocenters. The molecule has 0 fully saturated rings. The lowest BCUT2D eigenvalue weighted by atomic mass is 10.1. The Bertz CT molecular complexity index is 340. The summed E-state index contributed by atoms with van der Waals surface area (Å²) in [7, 11) is 0. The molecule has 1 N–H and O–H groups in total. The molecule has 1 heterocycles. The van der Waals surface area contributed by atoms with Crippen molar-refractivity contribution in [1.82, 2.24) is 20.2 Å². The summed E-state index contributed by atoms with van der Waals surface area (Å²) in [4.78, 5) is 1.11. The molecule has 0 aliphatic rings. The van der Waals surface area contributed by atoms with Crippen LogP contribution in [0.1, 0.15) is 13.8 Å². The van der Waals surface area contributed by atoms with Crippen LogP contribution >= 0.6 is 0 Å². The fourth-order valence-electron chi connectivity index (χ4n) is 0.818. The third-order valence-electron chi connectivity index (χ3n) is 1.39. The van der Waals surface area contributed by atoms with Crippen LogP contribution in [0.25, 0.3) is 5.70 Å². The van der Waals surface area contributed by atoms with E-state index in [4.69, 9.17) is 5.26 Å². The summed E-state index contributed by atoms with van der Waals surface area (Å²) in [5.74, 6) is 0. The van der Waals surface area contributed by atoms with E-state index in [1.165, 1.54) is 12.4 Å². The zero-order chi connectivity index (χ0) is 9.90. The number of hydrogen-bond donors (Lipinski definition) is 1. The van der Waals surface area contributed by atoms with Gasteiger partial charge in [0.1, 0.15) is 11.3 Å². The van der Waals surface area contributed by atoms with Gasteiger partial charge in [0.25, 0.3) is 0 Å². The fraction of sp³-hybridized carbons (Fsp3) is 0.429. The van der Waals surface area contributed by atoms with E-state index in [1.807, 2.05) is 6.07 Å². The molecule has 6 nitrogen and oxygen atoms in total. The Balaban J connectivity index is 3.11. The van der Waals surface area contributed by atoms with Gasteiger partial charge in [-0.25, -0.2) is 0 Å². The van der Waals surface area contributed by atoms with Gasteiger partial charge < -0.3 is 5.11 Å². The molecule has 0 spiro atoms. The second-order valence-electron chi connectivity index (χ2n) is 2.94. The molecule has 0 atom stereocenters. The van der Waals surface area contributed by atoms with Crippen LogP contribution in [-0.2, 0) is 0 Å². The molecule has 0 aliphatic heterocycles. The van der Waals surface area contributed by atoms with Crippen molar-refractivity contribution in [3.63, 3.8) is 0 Å². The van der Waals surface area contributed by atoms with Crippen LogP contribution in [-0.4, -0.2) is 30.9 Å². The summed E-state index contributed by atoms with van der Waals surface area (Å²) < 4.78 is 0. The number of allylic oxidation sites excluding steroid dienone is 1. The first-order valence-electron chi connectivity index (χ1n) is 3.61. The maximum absolute atomic E-state index is 9.63. The Labute approximate surface area is 75.1 Å². The van der Waals surface area contributed by atoms with Gasteiger partial charge in [0, 0.05) is 6.08 Å². The van der Waals surface area contributed by atoms with Gasteiger partial charge in [-0.15, -0.1) is 15.0 Å². The molecule has 0 aliphatic carbocycles. The molecule has 68 valence electrons. The zero-order valence-electron chi connectivity index (χ0n) is 7.34. The lowest BCUT2D eigenvalue weighted by Crippen LogP contribution is -2.26. The molecule has 0 saturated carbocycles. The fourth-order valence-corrected chi connectivity index (χ4v) is 0.818. The van der Waals surface area contributed by atoms with E-state index in [1.54, 1.807) is 13.8 Å². The highest BCUT2D eigenvalue weighted by molar-refractivity contribution is 5.54. The molecule has 6 heteroatoms. The Hall–Kier alpha value is -1.74. The summed E-state index contributed by atoms with van der Waals surface area (Å²) in [6, 6.07) is 1.81. The van der Waals surface area contributed by atoms with Gasteiger partial charge in [-0.2, -0.15) is 5.26 Å². The standard InChI is InChI=1S/C7H9N5O/c1-7(2,13)6(3-4-8)12-10-5-9-11-12/h3,5,13H,1-2H3/b6-3-. The van der Waals surface area contributed by atoms with Crippen LogP contribution in [0.3, 0.4) is 0 Å². The second-order valence-corrected chi connectivity index (χ2v) is 2.94. The summed E-state index contributed by atoms with van der Waals surface area (Å²) in [6.07, 6.45) is 2.42. The highest BCUT2D eigenvalue weighted by Gasteiger charge is 2.22. The topological polar surface area (TPSA) is 87.6 Å². The van der Waals surface area contributed by atoms with Crippen molar-refractivity contribution < 1.29 is 5.11 Å². The van der Waals surface area contributed by atoms with Crippen LogP contribution in [0.4, 0.5) is 0 Å². The van der Waals surface area contributed by atoms with Gasteiger partial charge in [0.2, 0.25) is 0 Å². The molecular weight excluding hydrogens is 170 g/mol. The van der Waals surface area contributed by atoms with E-state index in [0.717, 1.165) is 4.80 Å². The molecule has 0 saturated heterocycles. The molecule has 0 bridgehead atoms. The molecule has 0 radical (unpaired) electrons. The highest BCUT2D eigenvalue weighted by Crippen LogP contribution is 2.17. The van der Waals surface area contributed by atoms with Crippen LogP contribution in [0, 0.1) is 11.3 Å². The van der Waals surface area contributed by atoms with Gasteiger partial charge in [0.15, 0.2) is 6.33 Å². The van der Waals surface area contributed by atoms with E-state index < -0.39 is 5.60 Å². The maximum atomic E-state index is 9.63.